The molecule has 4 heteroatoms. The third-order valence-electron chi connectivity index (χ3n) is 2.29. The molecule has 2 rings (SSSR count). The molecule has 2 nitrogen and oxygen atoms in total. The summed E-state index contributed by atoms with van der Waals surface area (Å²) in [5.74, 6) is 0.802. The van der Waals surface area contributed by atoms with Crippen molar-refractivity contribution >= 4 is 23.2 Å². The zero-order valence-electron chi connectivity index (χ0n) is 9.28. The van der Waals surface area contributed by atoms with Crippen LogP contribution in [0.5, 0.6) is 5.75 Å². The van der Waals surface area contributed by atoms with Gasteiger partial charge in [0, 0.05) is 16.2 Å². The van der Waals surface area contributed by atoms with Gasteiger partial charge >= 0.3 is 0 Å². The molecule has 0 saturated carbocycles. The Hall–Kier alpha value is -1.25. The van der Waals surface area contributed by atoms with Gasteiger partial charge in [0.25, 0.3) is 0 Å². The van der Waals surface area contributed by atoms with Crippen LogP contribution in [0.1, 0.15) is 11.3 Å². The van der Waals surface area contributed by atoms with Crippen LogP contribution in [-0.2, 0) is 6.61 Å². The van der Waals surface area contributed by atoms with Gasteiger partial charge < -0.3 is 4.74 Å². The molecule has 0 unspecified atom stereocenters. The predicted molar refractivity (Wildman–Crippen MR) is 69.8 cm³/mol. The molecule has 0 bridgehead atoms. The topological polar surface area (TPSA) is 22.1 Å². The van der Waals surface area contributed by atoms with Crippen molar-refractivity contribution in [3.63, 3.8) is 0 Å². The average Bonchev–Trinajstić information content (AvgIpc) is 2.28. The van der Waals surface area contributed by atoms with Gasteiger partial charge in [0.15, 0.2) is 0 Å². The smallest absolute Gasteiger partial charge is 0.130 e. The molecule has 0 aliphatic rings. The van der Waals surface area contributed by atoms with Crippen molar-refractivity contribution < 1.29 is 4.74 Å². The van der Waals surface area contributed by atoms with E-state index in [0.717, 1.165) is 17.0 Å². The van der Waals surface area contributed by atoms with Gasteiger partial charge in [0.05, 0.1) is 5.69 Å². The maximum absolute atomic E-state index is 5.87. The van der Waals surface area contributed by atoms with Crippen molar-refractivity contribution in [1.29, 1.82) is 0 Å². The van der Waals surface area contributed by atoms with Crippen LogP contribution in [0.15, 0.2) is 36.5 Å². The summed E-state index contributed by atoms with van der Waals surface area (Å²) in [5, 5.41) is 1.36. The van der Waals surface area contributed by atoms with Gasteiger partial charge in [-0.3, -0.25) is 4.98 Å². The summed E-state index contributed by atoms with van der Waals surface area (Å²) >= 11 is 11.7. The highest BCUT2D eigenvalue weighted by atomic mass is 35.5. The molecule has 1 heterocycles. The van der Waals surface area contributed by atoms with Crippen LogP contribution in [0, 0.1) is 6.92 Å². The van der Waals surface area contributed by atoms with E-state index in [9.17, 15) is 0 Å². The maximum Gasteiger partial charge on any atom is 0.130 e. The normalized spacial score (nSPS) is 10.3. The molecule has 1 aromatic carbocycles. The Balaban J connectivity index is 2.07. The van der Waals surface area contributed by atoms with E-state index in [2.05, 4.69) is 4.98 Å². The first-order chi connectivity index (χ1) is 8.15. The standard InChI is InChI=1S/C13H11Cl2NO/c1-9-6-10(14)2-3-13(9)17-8-12-7-11(15)4-5-16-12/h2-7H,8H2,1H3. The second-order valence-electron chi connectivity index (χ2n) is 3.66. The highest BCUT2D eigenvalue weighted by Gasteiger charge is 2.02. The largest absolute Gasteiger partial charge is 0.487 e. The van der Waals surface area contributed by atoms with Crippen LogP contribution in [0.25, 0.3) is 0 Å². The zero-order valence-corrected chi connectivity index (χ0v) is 10.8. The van der Waals surface area contributed by atoms with Crippen LogP contribution in [0.2, 0.25) is 10.0 Å². The number of nitrogens with zero attached hydrogens (tertiary/aromatic N) is 1. The molecule has 0 fully saturated rings. The summed E-state index contributed by atoms with van der Waals surface area (Å²) in [5.41, 5.74) is 1.80. The van der Waals surface area contributed by atoms with Crippen LogP contribution in [0.4, 0.5) is 0 Å². The van der Waals surface area contributed by atoms with Crippen molar-refractivity contribution in [3.8, 4) is 5.75 Å². The van der Waals surface area contributed by atoms with Crippen molar-refractivity contribution in [3.05, 3.63) is 57.8 Å². The lowest BCUT2D eigenvalue weighted by molar-refractivity contribution is 0.299. The summed E-state index contributed by atoms with van der Waals surface area (Å²) in [6.45, 7) is 2.34. The molecule has 17 heavy (non-hydrogen) atoms. The van der Waals surface area contributed by atoms with E-state index in [1.807, 2.05) is 19.1 Å². The Morgan fingerprint density at radius 1 is 1.12 bits per heavy atom. The number of rotatable bonds is 3. The third-order valence-corrected chi connectivity index (χ3v) is 2.76. The zero-order chi connectivity index (χ0) is 12.3. The highest BCUT2D eigenvalue weighted by molar-refractivity contribution is 6.30. The summed E-state index contributed by atoms with van der Waals surface area (Å²) in [6, 6.07) is 9.03. The second-order valence-corrected chi connectivity index (χ2v) is 4.54. The molecule has 0 spiro atoms. The van der Waals surface area contributed by atoms with Crippen LogP contribution >= 0.6 is 23.2 Å². The summed E-state index contributed by atoms with van der Waals surface area (Å²) < 4.78 is 5.65. The number of aromatic nitrogens is 1. The quantitative estimate of drug-likeness (QED) is 0.829. The van der Waals surface area contributed by atoms with E-state index in [4.69, 9.17) is 27.9 Å². The lowest BCUT2D eigenvalue weighted by Crippen LogP contribution is -1.99. The number of aryl methyl sites for hydroxylation is 1. The Kier molecular flexibility index (Phi) is 3.87. The average molecular weight is 268 g/mol. The monoisotopic (exact) mass is 267 g/mol. The molecule has 0 atom stereocenters. The molecule has 0 radical (unpaired) electrons. The van der Waals surface area contributed by atoms with Crippen molar-refractivity contribution in [1.82, 2.24) is 4.98 Å². The number of halogens is 2. The van der Waals surface area contributed by atoms with Crippen LogP contribution in [0.3, 0.4) is 0 Å². The Labute approximate surface area is 110 Å². The van der Waals surface area contributed by atoms with Crippen molar-refractivity contribution in [2.75, 3.05) is 0 Å². The summed E-state index contributed by atoms with van der Waals surface area (Å²) in [6.07, 6.45) is 1.66. The fourth-order valence-corrected chi connectivity index (χ4v) is 1.86. The SMILES string of the molecule is Cc1cc(Cl)ccc1OCc1cc(Cl)ccn1. The maximum atomic E-state index is 5.87. The fourth-order valence-electron chi connectivity index (χ4n) is 1.45. The minimum Gasteiger partial charge on any atom is -0.487 e. The molecule has 2 aromatic rings. The number of hydrogen-bond donors (Lipinski definition) is 0. The molecule has 1 aromatic heterocycles. The molecular weight excluding hydrogens is 257 g/mol. The van der Waals surface area contributed by atoms with Gasteiger partial charge in [-0.1, -0.05) is 23.2 Å². The Morgan fingerprint density at radius 3 is 2.59 bits per heavy atom. The molecule has 0 amide bonds. The van der Waals surface area contributed by atoms with Gasteiger partial charge in [0.2, 0.25) is 0 Å². The lowest BCUT2D eigenvalue weighted by atomic mass is 10.2. The minimum atomic E-state index is 0.392. The first-order valence-electron chi connectivity index (χ1n) is 5.14. The van der Waals surface area contributed by atoms with E-state index in [1.165, 1.54) is 0 Å². The van der Waals surface area contributed by atoms with Crippen LogP contribution in [-0.4, -0.2) is 4.98 Å². The fraction of sp³-hybridized carbons (Fsp3) is 0.154. The molecule has 88 valence electrons. The molecule has 0 N–H and O–H groups in total. The van der Waals surface area contributed by atoms with Crippen molar-refractivity contribution in [2.45, 2.75) is 13.5 Å². The summed E-state index contributed by atoms with van der Waals surface area (Å²) in [4.78, 5) is 4.17. The Bertz CT molecular complexity index is 529. The van der Waals surface area contributed by atoms with Gasteiger partial charge in [0.1, 0.15) is 12.4 Å². The van der Waals surface area contributed by atoms with Crippen LogP contribution < -0.4 is 4.74 Å². The number of pyridine rings is 1. The van der Waals surface area contributed by atoms with Gasteiger partial charge in [-0.2, -0.15) is 0 Å². The predicted octanol–water partition coefficient (Wildman–Crippen LogP) is 4.28. The van der Waals surface area contributed by atoms with E-state index in [-0.39, 0.29) is 0 Å². The second kappa shape index (κ2) is 5.39. The first-order valence-corrected chi connectivity index (χ1v) is 5.90. The Morgan fingerprint density at radius 2 is 1.88 bits per heavy atom. The van der Waals surface area contributed by atoms with E-state index in [0.29, 0.717) is 16.7 Å². The van der Waals surface area contributed by atoms with Gasteiger partial charge in [-0.25, -0.2) is 0 Å². The van der Waals surface area contributed by atoms with E-state index in [1.54, 1.807) is 24.4 Å². The third kappa shape index (κ3) is 3.35. The minimum absolute atomic E-state index is 0.392. The first kappa shape index (κ1) is 12.2. The van der Waals surface area contributed by atoms with Gasteiger partial charge in [-0.15, -0.1) is 0 Å². The highest BCUT2D eigenvalue weighted by Crippen LogP contribution is 2.22. The molecule has 0 aliphatic heterocycles. The lowest BCUT2D eigenvalue weighted by Gasteiger charge is -2.08. The molecule has 0 saturated heterocycles. The van der Waals surface area contributed by atoms with E-state index >= 15 is 0 Å². The van der Waals surface area contributed by atoms with Gasteiger partial charge in [-0.05, 0) is 42.8 Å². The van der Waals surface area contributed by atoms with E-state index < -0.39 is 0 Å². The van der Waals surface area contributed by atoms with Crippen molar-refractivity contribution in [2.24, 2.45) is 0 Å². The number of hydrogen-bond acceptors (Lipinski definition) is 2. The number of benzene rings is 1. The molecule has 0 aliphatic carbocycles. The number of ether oxygens (including phenoxy) is 1. The summed E-state index contributed by atoms with van der Waals surface area (Å²) in [7, 11) is 0. The molecular formula is C13H11Cl2NO.